The van der Waals surface area contributed by atoms with Gasteiger partial charge in [-0.05, 0) is 32.2 Å². The fraction of sp³-hybridized carbons (Fsp3) is 0.846. The Balaban J connectivity index is 1.90. The van der Waals surface area contributed by atoms with E-state index < -0.39 is 42.0 Å². The molecule has 3 heterocycles. The van der Waals surface area contributed by atoms with Gasteiger partial charge in [0.2, 0.25) is 5.91 Å². The van der Waals surface area contributed by atoms with Crippen LogP contribution in [0.3, 0.4) is 0 Å². The van der Waals surface area contributed by atoms with E-state index >= 15 is 0 Å². The van der Waals surface area contributed by atoms with Crippen LogP contribution >= 0.6 is 0 Å². The first kappa shape index (κ1) is 14.6. The monoisotopic (exact) mass is 306 g/mol. The topological polar surface area (TPSA) is 69.6 Å². The van der Waals surface area contributed by atoms with E-state index in [-0.39, 0.29) is 25.4 Å². The first-order valence-electron chi connectivity index (χ1n) is 7.11. The molecule has 3 aliphatic heterocycles. The van der Waals surface area contributed by atoms with Crippen molar-refractivity contribution in [2.75, 3.05) is 13.1 Å². The molecule has 3 saturated heterocycles. The van der Waals surface area contributed by atoms with Crippen LogP contribution < -0.4 is 5.32 Å². The van der Waals surface area contributed by atoms with Gasteiger partial charge in [0.15, 0.2) is 5.41 Å². The molecule has 0 aromatic heterocycles. The lowest BCUT2D eigenvalue weighted by Crippen LogP contribution is -2.55. The zero-order chi connectivity index (χ0) is 15.4. The molecule has 0 radical (unpaired) electrons. The van der Waals surface area contributed by atoms with Gasteiger partial charge in [0, 0.05) is 18.6 Å². The van der Waals surface area contributed by atoms with E-state index in [1.807, 2.05) is 0 Å². The van der Waals surface area contributed by atoms with E-state index in [1.54, 1.807) is 0 Å². The summed E-state index contributed by atoms with van der Waals surface area (Å²) >= 11 is 0. The minimum atomic E-state index is -4.62. The predicted molar refractivity (Wildman–Crippen MR) is 65.4 cm³/mol. The lowest BCUT2D eigenvalue weighted by molar-refractivity contribution is -0.222. The molecular formula is C13H17F3N2O3. The van der Waals surface area contributed by atoms with E-state index in [2.05, 4.69) is 5.32 Å². The van der Waals surface area contributed by atoms with Gasteiger partial charge in [0.1, 0.15) is 0 Å². The number of hydrogen-bond acceptors (Lipinski definition) is 3. The van der Waals surface area contributed by atoms with Crippen LogP contribution in [0, 0.1) is 11.3 Å². The zero-order valence-corrected chi connectivity index (χ0v) is 11.3. The Morgan fingerprint density at radius 3 is 2.48 bits per heavy atom. The molecule has 5 nitrogen and oxygen atoms in total. The summed E-state index contributed by atoms with van der Waals surface area (Å²) < 4.78 is 40.3. The molecule has 0 spiro atoms. The Morgan fingerprint density at radius 2 is 2.00 bits per heavy atom. The maximum atomic E-state index is 13.4. The first-order valence-corrected chi connectivity index (χ1v) is 7.11. The third-order valence-corrected chi connectivity index (χ3v) is 5.20. The number of nitrogens with zero attached hydrogens (tertiary/aromatic N) is 1. The van der Waals surface area contributed by atoms with Gasteiger partial charge >= 0.3 is 12.1 Å². The van der Waals surface area contributed by atoms with Crippen LogP contribution in [0.1, 0.15) is 25.7 Å². The van der Waals surface area contributed by atoms with Gasteiger partial charge in [-0.3, -0.25) is 9.59 Å². The molecule has 4 unspecified atom stereocenters. The number of nitrogens with one attached hydrogen (secondary N) is 1. The van der Waals surface area contributed by atoms with Crippen molar-refractivity contribution in [3.05, 3.63) is 0 Å². The standard InChI is InChI=1S/C13H17F3N2O3/c14-13(15,16)12(3-4-17-6-12)11(21)18-7-1-2-9(18)8(5-7)10(19)20/h7-9,17H,1-6H2,(H,19,20). The van der Waals surface area contributed by atoms with Crippen molar-refractivity contribution in [2.24, 2.45) is 11.3 Å². The van der Waals surface area contributed by atoms with Crippen molar-refractivity contribution in [2.45, 2.75) is 43.9 Å². The summed E-state index contributed by atoms with van der Waals surface area (Å²) in [6.45, 7) is -0.264. The quantitative estimate of drug-likeness (QED) is 0.798. The molecule has 21 heavy (non-hydrogen) atoms. The fourth-order valence-corrected chi connectivity index (χ4v) is 4.06. The molecule has 4 atom stereocenters. The largest absolute Gasteiger partial charge is 0.481 e. The van der Waals surface area contributed by atoms with E-state index in [1.165, 1.54) is 4.90 Å². The Hall–Kier alpha value is -1.31. The lowest BCUT2D eigenvalue weighted by Gasteiger charge is -2.35. The summed E-state index contributed by atoms with van der Waals surface area (Å²) in [5.74, 6) is -2.69. The number of carbonyl (C=O) groups is 2. The molecule has 118 valence electrons. The maximum Gasteiger partial charge on any atom is 0.404 e. The van der Waals surface area contributed by atoms with E-state index in [4.69, 9.17) is 5.11 Å². The number of carboxylic acid groups (broad SMARTS) is 1. The molecule has 0 aromatic rings. The van der Waals surface area contributed by atoms with Gasteiger partial charge < -0.3 is 15.3 Å². The van der Waals surface area contributed by atoms with Crippen LogP contribution in [0.2, 0.25) is 0 Å². The Labute approximate surface area is 119 Å². The van der Waals surface area contributed by atoms with E-state index in [0.29, 0.717) is 12.8 Å². The molecule has 3 fully saturated rings. The third kappa shape index (κ3) is 1.95. The molecule has 1 amide bonds. The Kier molecular flexibility index (Phi) is 3.20. The molecule has 8 heteroatoms. The van der Waals surface area contributed by atoms with Gasteiger partial charge in [-0.1, -0.05) is 0 Å². The minimum absolute atomic E-state index is 0.150. The van der Waals surface area contributed by atoms with Gasteiger partial charge in [0.05, 0.1) is 5.92 Å². The van der Waals surface area contributed by atoms with Crippen LogP contribution in [-0.4, -0.2) is 53.2 Å². The molecule has 2 bridgehead atoms. The number of carboxylic acids is 1. The summed E-state index contributed by atoms with van der Waals surface area (Å²) in [6.07, 6.45) is -3.54. The third-order valence-electron chi connectivity index (χ3n) is 5.20. The Morgan fingerprint density at radius 1 is 1.29 bits per heavy atom. The van der Waals surface area contributed by atoms with Gasteiger partial charge in [-0.2, -0.15) is 13.2 Å². The number of aliphatic carboxylic acids is 1. The van der Waals surface area contributed by atoms with Crippen LogP contribution in [0.15, 0.2) is 0 Å². The summed E-state index contributed by atoms with van der Waals surface area (Å²) in [5, 5.41) is 11.8. The SMILES string of the molecule is O=C(O)C1CC2CCC1N2C(=O)C1(C(F)(F)F)CCNC1. The van der Waals surface area contributed by atoms with Gasteiger partial charge in [-0.15, -0.1) is 0 Å². The van der Waals surface area contributed by atoms with Crippen LogP contribution in [0.4, 0.5) is 13.2 Å². The number of rotatable bonds is 2. The summed E-state index contributed by atoms with van der Waals surface area (Å²) in [7, 11) is 0. The average molecular weight is 306 g/mol. The number of halogens is 3. The van der Waals surface area contributed by atoms with Crippen LogP contribution in [-0.2, 0) is 9.59 Å². The second-order valence-corrected chi connectivity index (χ2v) is 6.20. The lowest BCUT2D eigenvalue weighted by atomic mass is 9.84. The van der Waals surface area contributed by atoms with Crippen molar-refractivity contribution >= 4 is 11.9 Å². The second-order valence-electron chi connectivity index (χ2n) is 6.20. The highest BCUT2D eigenvalue weighted by atomic mass is 19.4. The van der Waals surface area contributed by atoms with Crippen LogP contribution in [0.25, 0.3) is 0 Å². The predicted octanol–water partition coefficient (Wildman–Crippen LogP) is 0.992. The number of fused-ring (bicyclic) bond motifs is 2. The van der Waals surface area contributed by atoms with Gasteiger partial charge in [-0.25, -0.2) is 0 Å². The summed E-state index contributed by atoms with van der Waals surface area (Å²) in [5.41, 5.74) is -2.39. The molecular weight excluding hydrogens is 289 g/mol. The number of carbonyl (C=O) groups excluding carboxylic acids is 1. The summed E-state index contributed by atoms with van der Waals surface area (Å²) in [4.78, 5) is 25.0. The molecule has 0 aliphatic carbocycles. The number of alkyl halides is 3. The van der Waals surface area contributed by atoms with Crippen molar-refractivity contribution < 1.29 is 27.9 Å². The number of amides is 1. The minimum Gasteiger partial charge on any atom is -0.481 e. The fourth-order valence-electron chi connectivity index (χ4n) is 4.06. The van der Waals surface area contributed by atoms with Crippen molar-refractivity contribution in [3.8, 4) is 0 Å². The zero-order valence-electron chi connectivity index (χ0n) is 11.3. The molecule has 3 aliphatic rings. The summed E-state index contributed by atoms with van der Waals surface area (Å²) in [6, 6.07) is -0.941. The highest BCUT2D eigenvalue weighted by molar-refractivity contribution is 5.87. The highest BCUT2D eigenvalue weighted by Gasteiger charge is 2.65. The van der Waals surface area contributed by atoms with Crippen molar-refractivity contribution in [3.63, 3.8) is 0 Å². The molecule has 0 saturated carbocycles. The highest BCUT2D eigenvalue weighted by Crippen LogP contribution is 2.49. The van der Waals surface area contributed by atoms with Crippen LogP contribution in [0.5, 0.6) is 0 Å². The number of hydrogen-bond donors (Lipinski definition) is 2. The maximum absolute atomic E-state index is 13.4. The smallest absolute Gasteiger partial charge is 0.404 e. The normalized spacial score (nSPS) is 39.0. The van der Waals surface area contributed by atoms with E-state index in [9.17, 15) is 22.8 Å². The molecule has 3 rings (SSSR count). The van der Waals surface area contributed by atoms with Crippen molar-refractivity contribution in [1.29, 1.82) is 0 Å². The second kappa shape index (κ2) is 4.59. The Bertz CT molecular complexity index is 474. The van der Waals surface area contributed by atoms with Crippen molar-refractivity contribution in [1.82, 2.24) is 10.2 Å². The van der Waals surface area contributed by atoms with Gasteiger partial charge in [0.25, 0.3) is 0 Å². The first-order chi connectivity index (χ1) is 9.78. The average Bonchev–Trinajstić information content (AvgIpc) is 3.11. The molecule has 0 aromatic carbocycles. The molecule has 2 N–H and O–H groups in total. The van der Waals surface area contributed by atoms with E-state index in [0.717, 1.165) is 0 Å².